The molecule has 5 nitrogen and oxygen atoms in total. The van der Waals surface area contributed by atoms with E-state index in [-0.39, 0.29) is 5.28 Å². The summed E-state index contributed by atoms with van der Waals surface area (Å²) in [5.74, 6) is 0.706. The van der Waals surface area contributed by atoms with Crippen molar-refractivity contribution in [3.05, 3.63) is 23.1 Å². The van der Waals surface area contributed by atoms with Crippen LogP contribution in [0.25, 0.3) is 5.52 Å². The van der Waals surface area contributed by atoms with Crippen LogP contribution in [0.5, 0.6) is 0 Å². The standard InChI is InChI=1S/C9H11ClN4O/c1-11-8-7-4-3-6(5-15-2)14(7)13-9(10)12-8/h3-4H,5H2,1-2H3,(H,11,12,13). The molecule has 0 spiro atoms. The Bertz CT molecular complexity index is 482. The van der Waals surface area contributed by atoms with Crippen molar-refractivity contribution in [2.45, 2.75) is 6.61 Å². The highest BCUT2D eigenvalue weighted by Gasteiger charge is 2.08. The summed E-state index contributed by atoms with van der Waals surface area (Å²) in [5.41, 5.74) is 1.82. The molecule has 0 aliphatic heterocycles. The molecule has 2 aromatic heterocycles. The molecule has 0 amide bonds. The minimum atomic E-state index is 0.209. The number of rotatable bonds is 3. The lowest BCUT2D eigenvalue weighted by Crippen LogP contribution is -2.04. The number of ether oxygens (including phenoxy) is 1. The second kappa shape index (κ2) is 4.04. The maximum Gasteiger partial charge on any atom is 0.243 e. The summed E-state index contributed by atoms with van der Waals surface area (Å²) in [7, 11) is 3.43. The van der Waals surface area contributed by atoms with Crippen molar-refractivity contribution in [3.8, 4) is 0 Å². The largest absolute Gasteiger partial charge is 0.378 e. The van der Waals surface area contributed by atoms with Gasteiger partial charge in [-0.15, -0.1) is 5.10 Å². The van der Waals surface area contributed by atoms with Gasteiger partial charge < -0.3 is 10.1 Å². The van der Waals surface area contributed by atoms with Gasteiger partial charge in [-0.2, -0.15) is 4.98 Å². The predicted octanol–water partition coefficient (Wildman–Crippen LogP) is 1.57. The summed E-state index contributed by atoms with van der Waals surface area (Å²) in [5, 5.41) is 7.29. The van der Waals surface area contributed by atoms with Crippen molar-refractivity contribution in [3.63, 3.8) is 0 Å². The minimum Gasteiger partial charge on any atom is -0.378 e. The topological polar surface area (TPSA) is 51.5 Å². The Morgan fingerprint density at radius 1 is 1.53 bits per heavy atom. The van der Waals surface area contributed by atoms with Gasteiger partial charge in [-0.05, 0) is 23.7 Å². The van der Waals surface area contributed by atoms with E-state index in [1.807, 2.05) is 12.1 Å². The molecule has 0 aromatic carbocycles. The summed E-state index contributed by atoms with van der Waals surface area (Å²) in [6.45, 7) is 0.491. The maximum atomic E-state index is 5.81. The number of fused-ring (bicyclic) bond motifs is 1. The number of methoxy groups -OCH3 is 1. The summed E-state index contributed by atoms with van der Waals surface area (Å²) in [4.78, 5) is 4.07. The third-order valence-corrected chi connectivity index (χ3v) is 2.25. The Hall–Kier alpha value is -1.33. The smallest absolute Gasteiger partial charge is 0.243 e. The molecule has 0 radical (unpaired) electrons. The maximum absolute atomic E-state index is 5.81. The molecule has 0 bridgehead atoms. The molecule has 2 aromatic rings. The Kier molecular flexibility index (Phi) is 2.75. The van der Waals surface area contributed by atoms with Crippen LogP contribution in [-0.4, -0.2) is 28.8 Å². The van der Waals surface area contributed by atoms with Gasteiger partial charge in [-0.1, -0.05) is 0 Å². The van der Waals surface area contributed by atoms with Crippen molar-refractivity contribution in [2.24, 2.45) is 0 Å². The monoisotopic (exact) mass is 226 g/mol. The van der Waals surface area contributed by atoms with Crippen molar-refractivity contribution in [1.29, 1.82) is 0 Å². The molecular weight excluding hydrogens is 216 g/mol. The summed E-state index contributed by atoms with van der Waals surface area (Å²) in [6, 6.07) is 3.86. The van der Waals surface area contributed by atoms with Crippen molar-refractivity contribution < 1.29 is 4.74 Å². The van der Waals surface area contributed by atoms with Gasteiger partial charge in [0.2, 0.25) is 5.28 Å². The number of nitrogens with one attached hydrogen (secondary N) is 1. The average molecular weight is 227 g/mol. The molecule has 6 heteroatoms. The predicted molar refractivity (Wildman–Crippen MR) is 58.3 cm³/mol. The van der Waals surface area contributed by atoms with Crippen LogP contribution in [0.3, 0.4) is 0 Å². The minimum absolute atomic E-state index is 0.209. The van der Waals surface area contributed by atoms with E-state index >= 15 is 0 Å². The number of hydrogen-bond acceptors (Lipinski definition) is 4. The van der Waals surface area contributed by atoms with Gasteiger partial charge in [-0.25, -0.2) is 4.52 Å². The lowest BCUT2D eigenvalue weighted by molar-refractivity contribution is 0.180. The number of hydrogen-bond donors (Lipinski definition) is 1. The van der Waals surface area contributed by atoms with Gasteiger partial charge in [0.15, 0.2) is 5.82 Å². The van der Waals surface area contributed by atoms with E-state index in [0.717, 1.165) is 11.2 Å². The highest BCUT2D eigenvalue weighted by atomic mass is 35.5. The van der Waals surface area contributed by atoms with Crippen LogP contribution in [-0.2, 0) is 11.3 Å². The Labute approximate surface area is 92.0 Å². The first-order chi connectivity index (χ1) is 7.26. The number of anilines is 1. The zero-order chi connectivity index (χ0) is 10.8. The second-order valence-electron chi connectivity index (χ2n) is 3.03. The van der Waals surface area contributed by atoms with Crippen LogP contribution in [0.1, 0.15) is 5.69 Å². The van der Waals surface area contributed by atoms with Crippen LogP contribution in [0.2, 0.25) is 5.28 Å². The molecule has 0 atom stereocenters. The molecule has 0 aliphatic carbocycles. The molecule has 0 aliphatic rings. The average Bonchev–Trinajstić information content (AvgIpc) is 2.61. The van der Waals surface area contributed by atoms with Gasteiger partial charge in [0, 0.05) is 14.2 Å². The van der Waals surface area contributed by atoms with Gasteiger partial charge in [0.25, 0.3) is 0 Å². The molecular formula is C9H11ClN4O. The zero-order valence-electron chi connectivity index (χ0n) is 8.49. The van der Waals surface area contributed by atoms with Crippen LogP contribution >= 0.6 is 11.6 Å². The SMILES string of the molecule is CNc1nc(Cl)nn2c(COC)ccc12. The highest BCUT2D eigenvalue weighted by molar-refractivity contribution is 6.28. The first-order valence-corrected chi connectivity index (χ1v) is 4.85. The Balaban J connectivity index is 2.64. The molecule has 15 heavy (non-hydrogen) atoms. The summed E-state index contributed by atoms with van der Waals surface area (Å²) >= 11 is 5.81. The van der Waals surface area contributed by atoms with E-state index in [2.05, 4.69) is 15.4 Å². The van der Waals surface area contributed by atoms with E-state index < -0.39 is 0 Å². The molecule has 80 valence electrons. The Morgan fingerprint density at radius 3 is 3.00 bits per heavy atom. The molecule has 0 fully saturated rings. The van der Waals surface area contributed by atoms with Crippen molar-refractivity contribution >= 4 is 22.9 Å². The molecule has 0 saturated heterocycles. The molecule has 2 heterocycles. The molecule has 0 saturated carbocycles. The van der Waals surface area contributed by atoms with E-state index in [4.69, 9.17) is 16.3 Å². The van der Waals surface area contributed by atoms with Crippen molar-refractivity contribution in [1.82, 2.24) is 14.6 Å². The van der Waals surface area contributed by atoms with Gasteiger partial charge in [-0.3, -0.25) is 0 Å². The van der Waals surface area contributed by atoms with Crippen molar-refractivity contribution in [2.75, 3.05) is 19.5 Å². The van der Waals surface area contributed by atoms with Crippen LogP contribution < -0.4 is 5.32 Å². The number of nitrogens with zero attached hydrogens (tertiary/aromatic N) is 3. The van der Waals surface area contributed by atoms with Crippen LogP contribution in [0.4, 0.5) is 5.82 Å². The molecule has 0 unspecified atom stereocenters. The van der Waals surface area contributed by atoms with E-state index in [1.165, 1.54) is 0 Å². The lowest BCUT2D eigenvalue weighted by atomic mass is 10.4. The van der Waals surface area contributed by atoms with Gasteiger partial charge in [0.1, 0.15) is 5.52 Å². The fourth-order valence-electron chi connectivity index (χ4n) is 1.46. The first-order valence-electron chi connectivity index (χ1n) is 4.47. The summed E-state index contributed by atoms with van der Waals surface area (Å²) in [6.07, 6.45) is 0. The molecule has 2 rings (SSSR count). The third-order valence-electron chi connectivity index (χ3n) is 2.09. The lowest BCUT2D eigenvalue weighted by Gasteiger charge is -2.04. The fraction of sp³-hybridized carbons (Fsp3) is 0.333. The quantitative estimate of drug-likeness (QED) is 0.863. The third kappa shape index (κ3) is 1.75. The Morgan fingerprint density at radius 2 is 2.33 bits per heavy atom. The van der Waals surface area contributed by atoms with Gasteiger partial charge >= 0.3 is 0 Å². The first kappa shape index (κ1) is 10.2. The fourth-order valence-corrected chi connectivity index (χ4v) is 1.62. The van der Waals surface area contributed by atoms with E-state index in [1.54, 1.807) is 18.7 Å². The van der Waals surface area contributed by atoms with Gasteiger partial charge in [0.05, 0.1) is 12.3 Å². The number of aromatic nitrogens is 3. The normalized spacial score (nSPS) is 10.9. The summed E-state index contributed by atoms with van der Waals surface area (Å²) < 4.78 is 6.79. The molecule has 1 N–H and O–H groups in total. The highest BCUT2D eigenvalue weighted by Crippen LogP contribution is 2.18. The van der Waals surface area contributed by atoms with Crippen LogP contribution in [0, 0.1) is 0 Å². The zero-order valence-corrected chi connectivity index (χ0v) is 9.25. The second-order valence-corrected chi connectivity index (χ2v) is 3.37. The number of halogens is 1. The van der Waals surface area contributed by atoms with E-state index in [9.17, 15) is 0 Å². The van der Waals surface area contributed by atoms with E-state index in [0.29, 0.717) is 12.4 Å². The van der Waals surface area contributed by atoms with Crippen LogP contribution in [0.15, 0.2) is 12.1 Å².